The number of nitrogens with zero attached hydrogens (tertiary/aromatic N) is 1. The highest BCUT2D eigenvalue weighted by atomic mass is 16.2. The van der Waals surface area contributed by atoms with E-state index in [4.69, 9.17) is 0 Å². The molecule has 1 aliphatic carbocycles. The number of fused-ring (bicyclic) bond motifs is 1. The summed E-state index contributed by atoms with van der Waals surface area (Å²) in [5.74, 6) is -0.378. The van der Waals surface area contributed by atoms with Gasteiger partial charge >= 0.3 is 0 Å². The third-order valence-electron chi connectivity index (χ3n) is 4.43. The van der Waals surface area contributed by atoms with Crippen LogP contribution >= 0.6 is 0 Å². The lowest BCUT2D eigenvalue weighted by Crippen LogP contribution is -2.57. The normalized spacial score (nSPS) is 19.2. The Kier molecular flexibility index (Phi) is 4.60. The van der Waals surface area contributed by atoms with Gasteiger partial charge in [0.25, 0.3) is 5.91 Å². The van der Waals surface area contributed by atoms with Crippen molar-refractivity contribution in [2.45, 2.75) is 38.3 Å². The van der Waals surface area contributed by atoms with Gasteiger partial charge < -0.3 is 10.6 Å². The molecule has 0 saturated carbocycles. The van der Waals surface area contributed by atoms with E-state index < -0.39 is 5.54 Å². The fourth-order valence-electron chi connectivity index (χ4n) is 3.39. The van der Waals surface area contributed by atoms with Gasteiger partial charge in [-0.2, -0.15) is 0 Å². The van der Waals surface area contributed by atoms with E-state index in [0.717, 1.165) is 29.5 Å². The zero-order valence-electron chi connectivity index (χ0n) is 13.7. The van der Waals surface area contributed by atoms with Gasteiger partial charge in [-0.25, -0.2) is 0 Å². The smallest absolute Gasteiger partial charge is 0.250 e. The number of aromatic nitrogens is 1. The van der Waals surface area contributed by atoms with Crippen molar-refractivity contribution >= 4 is 11.8 Å². The summed E-state index contributed by atoms with van der Waals surface area (Å²) < 4.78 is 0. The lowest BCUT2D eigenvalue weighted by molar-refractivity contribution is -0.134. The average molecular weight is 323 g/mol. The Balaban J connectivity index is 1.89. The number of carbonyl (C=O) groups is 2. The molecule has 3 rings (SSSR count). The minimum absolute atomic E-state index is 0.172. The SMILES string of the molecule is CC(=O)N[C@]1(C(=O)NCc2cccnc2)CCCc2ccccc21. The molecule has 1 aromatic carbocycles. The molecule has 0 bridgehead atoms. The van der Waals surface area contributed by atoms with Crippen LogP contribution in [0.25, 0.3) is 0 Å². The molecule has 1 aliphatic rings. The molecule has 2 amide bonds. The van der Waals surface area contributed by atoms with Crippen LogP contribution in [0, 0.1) is 0 Å². The van der Waals surface area contributed by atoms with E-state index in [-0.39, 0.29) is 11.8 Å². The van der Waals surface area contributed by atoms with Crippen LogP contribution in [-0.2, 0) is 28.1 Å². The van der Waals surface area contributed by atoms with Gasteiger partial charge in [-0.1, -0.05) is 30.3 Å². The first-order valence-corrected chi connectivity index (χ1v) is 8.16. The van der Waals surface area contributed by atoms with Crippen molar-refractivity contribution in [2.75, 3.05) is 0 Å². The summed E-state index contributed by atoms with van der Waals surface area (Å²) in [5.41, 5.74) is 1.94. The minimum atomic E-state index is -0.997. The average Bonchev–Trinajstić information content (AvgIpc) is 2.60. The Hall–Kier alpha value is -2.69. The third-order valence-corrected chi connectivity index (χ3v) is 4.43. The highest BCUT2D eigenvalue weighted by molar-refractivity contribution is 5.92. The van der Waals surface area contributed by atoms with Crippen LogP contribution in [-0.4, -0.2) is 16.8 Å². The Morgan fingerprint density at radius 2 is 2.04 bits per heavy atom. The zero-order valence-corrected chi connectivity index (χ0v) is 13.7. The fourth-order valence-corrected chi connectivity index (χ4v) is 3.39. The van der Waals surface area contributed by atoms with Crippen LogP contribution in [0.15, 0.2) is 48.8 Å². The van der Waals surface area contributed by atoms with E-state index in [2.05, 4.69) is 15.6 Å². The van der Waals surface area contributed by atoms with Gasteiger partial charge in [-0.15, -0.1) is 0 Å². The highest BCUT2D eigenvalue weighted by Gasteiger charge is 2.43. The lowest BCUT2D eigenvalue weighted by atomic mass is 9.75. The van der Waals surface area contributed by atoms with E-state index >= 15 is 0 Å². The maximum absolute atomic E-state index is 13.0. The van der Waals surface area contributed by atoms with Crippen molar-refractivity contribution < 1.29 is 9.59 Å². The molecular formula is C19H21N3O2. The predicted octanol–water partition coefficient (Wildman–Crippen LogP) is 2.07. The fraction of sp³-hybridized carbons (Fsp3) is 0.316. The minimum Gasteiger partial charge on any atom is -0.350 e. The molecule has 0 unspecified atom stereocenters. The number of hydrogen-bond acceptors (Lipinski definition) is 3. The quantitative estimate of drug-likeness (QED) is 0.905. The van der Waals surface area contributed by atoms with E-state index in [9.17, 15) is 9.59 Å². The second-order valence-electron chi connectivity index (χ2n) is 6.14. The van der Waals surface area contributed by atoms with Crippen molar-refractivity contribution in [1.82, 2.24) is 15.6 Å². The molecule has 1 atom stereocenters. The summed E-state index contributed by atoms with van der Waals surface area (Å²) in [7, 11) is 0. The molecule has 1 aromatic heterocycles. The number of carbonyl (C=O) groups excluding carboxylic acids is 2. The number of nitrogens with one attached hydrogen (secondary N) is 2. The molecule has 5 nitrogen and oxygen atoms in total. The number of hydrogen-bond donors (Lipinski definition) is 2. The molecule has 2 aromatic rings. The van der Waals surface area contributed by atoms with Crippen molar-refractivity contribution in [3.8, 4) is 0 Å². The van der Waals surface area contributed by atoms with Crippen molar-refractivity contribution in [1.29, 1.82) is 0 Å². The third kappa shape index (κ3) is 3.15. The molecule has 124 valence electrons. The van der Waals surface area contributed by atoms with Crippen LogP contribution < -0.4 is 10.6 Å². The van der Waals surface area contributed by atoms with Gasteiger partial charge in [0.15, 0.2) is 0 Å². The lowest BCUT2D eigenvalue weighted by Gasteiger charge is -2.38. The summed E-state index contributed by atoms with van der Waals surface area (Å²) >= 11 is 0. The summed E-state index contributed by atoms with van der Waals surface area (Å²) in [5, 5.41) is 5.88. The second-order valence-corrected chi connectivity index (χ2v) is 6.14. The number of benzene rings is 1. The van der Waals surface area contributed by atoms with E-state index in [1.807, 2.05) is 36.4 Å². The Morgan fingerprint density at radius 1 is 1.21 bits per heavy atom. The molecule has 5 heteroatoms. The second kappa shape index (κ2) is 6.83. The van der Waals surface area contributed by atoms with Crippen molar-refractivity contribution in [2.24, 2.45) is 0 Å². The molecule has 1 heterocycles. The molecule has 2 N–H and O–H groups in total. The van der Waals surface area contributed by atoms with E-state index in [0.29, 0.717) is 13.0 Å². The standard InChI is InChI=1S/C19H21N3O2/c1-14(23)22-19(10-4-8-16-7-2-3-9-17(16)19)18(24)21-13-15-6-5-11-20-12-15/h2-3,5-7,9,11-12H,4,8,10,13H2,1H3,(H,21,24)(H,22,23)/t19-/m1/s1. The maximum atomic E-state index is 13.0. The van der Waals surface area contributed by atoms with Gasteiger partial charge in [0.1, 0.15) is 5.54 Å². The largest absolute Gasteiger partial charge is 0.350 e. The van der Waals surface area contributed by atoms with Crippen LogP contribution in [0.1, 0.15) is 36.5 Å². The van der Waals surface area contributed by atoms with Crippen LogP contribution in [0.5, 0.6) is 0 Å². The highest BCUT2D eigenvalue weighted by Crippen LogP contribution is 2.35. The van der Waals surface area contributed by atoms with Crippen LogP contribution in [0.2, 0.25) is 0 Å². The first-order chi connectivity index (χ1) is 11.6. The molecule has 0 aliphatic heterocycles. The number of amides is 2. The topological polar surface area (TPSA) is 71.1 Å². The summed E-state index contributed by atoms with van der Waals surface area (Å²) in [6, 6.07) is 11.6. The Labute approximate surface area is 141 Å². The molecule has 24 heavy (non-hydrogen) atoms. The predicted molar refractivity (Wildman–Crippen MR) is 91.0 cm³/mol. The van der Waals surface area contributed by atoms with Gasteiger partial charge in [-0.05, 0) is 42.0 Å². The Morgan fingerprint density at radius 3 is 2.79 bits per heavy atom. The number of pyridine rings is 1. The molecule has 0 spiro atoms. The summed E-state index contributed by atoms with van der Waals surface area (Å²) in [6.07, 6.45) is 5.80. The molecule has 0 radical (unpaired) electrons. The zero-order chi connectivity index (χ0) is 17.0. The van der Waals surface area contributed by atoms with Gasteiger partial charge in [0.2, 0.25) is 5.91 Å². The molecule has 0 fully saturated rings. The monoisotopic (exact) mass is 323 g/mol. The van der Waals surface area contributed by atoms with Gasteiger partial charge in [-0.3, -0.25) is 14.6 Å². The van der Waals surface area contributed by atoms with Crippen molar-refractivity contribution in [3.05, 3.63) is 65.5 Å². The maximum Gasteiger partial charge on any atom is 0.250 e. The van der Waals surface area contributed by atoms with E-state index in [1.54, 1.807) is 12.4 Å². The molecular weight excluding hydrogens is 302 g/mol. The van der Waals surface area contributed by atoms with Gasteiger partial charge in [0.05, 0.1) is 0 Å². The van der Waals surface area contributed by atoms with Crippen LogP contribution in [0.3, 0.4) is 0 Å². The first kappa shape index (κ1) is 16.2. The summed E-state index contributed by atoms with van der Waals surface area (Å²) in [4.78, 5) is 28.9. The molecule has 0 saturated heterocycles. The number of aryl methyl sites for hydroxylation is 1. The summed E-state index contributed by atoms with van der Waals surface area (Å²) in [6.45, 7) is 1.84. The van der Waals surface area contributed by atoms with Crippen LogP contribution in [0.4, 0.5) is 0 Å². The van der Waals surface area contributed by atoms with Crippen molar-refractivity contribution in [3.63, 3.8) is 0 Å². The Bertz CT molecular complexity index is 745. The van der Waals surface area contributed by atoms with Gasteiger partial charge in [0, 0.05) is 25.9 Å². The number of rotatable bonds is 4. The van der Waals surface area contributed by atoms with E-state index in [1.165, 1.54) is 6.92 Å². The first-order valence-electron chi connectivity index (χ1n) is 8.16.